The standard InChI is InChI=1S/C16H13F4N3O/c1-24-7-6-23(9-11-4-2-10(8-21)3-5-11)14-12(17)15(19)22-16(20)13(14)18/h2-5H,6-7,9H2,1H3. The number of hydrogen-bond donors (Lipinski definition) is 0. The third-order valence-corrected chi connectivity index (χ3v) is 3.31. The van der Waals surface area contributed by atoms with E-state index in [1.165, 1.54) is 19.2 Å². The van der Waals surface area contributed by atoms with Crippen molar-refractivity contribution in [3.8, 4) is 6.07 Å². The van der Waals surface area contributed by atoms with Crippen molar-refractivity contribution in [2.75, 3.05) is 25.2 Å². The van der Waals surface area contributed by atoms with Crippen LogP contribution in [0.3, 0.4) is 0 Å². The summed E-state index contributed by atoms with van der Waals surface area (Å²) in [6.45, 7) is 0.0414. The fourth-order valence-electron chi connectivity index (χ4n) is 2.13. The SMILES string of the molecule is COCCN(Cc1ccc(C#N)cc1)c1c(F)c(F)nc(F)c1F. The summed E-state index contributed by atoms with van der Waals surface area (Å²) in [7, 11) is 1.39. The Morgan fingerprint density at radius 1 is 1.08 bits per heavy atom. The summed E-state index contributed by atoms with van der Waals surface area (Å²) in [6.07, 6.45) is 0. The highest BCUT2D eigenvalue weighted by Crippen LogP contribution is 2.27. The maximum atomic E-state index is 14.0. The van der Waals surface area contributed by atoms with Gasteiger partial charge in [0.05, 0.1) is 18.2 Å². The van der Waals surface area contributed by atoms with Crippen molar-refractivity contribution in [1.82, 2.24) is 4.98 Å². The zero-order valence-corrected chi connectivity index (χ0v) is 12.7. The van der Waals surface area contributed by atoms with Crippen LogP contribution in [0.4, 0.5) is 23.2 Å². The van der Waals surface area contributed by atoms with Crippen molar-refractivity contribution >= 4 is 5.69 Å². The largest absolute Gasteiger partial charge is 0.383 e. The molecular weight excluding hydrogens is 326 g/mol. The summed E-state index contributed by atoms with van der Waals surface area (Å²) in [6, 6.07) is 8.18. The fourth-order valence-corrected chi connectivity index (χ4v) is 2.13. The Hall–Kier alpha value is -2.66. The quantitative estimate of drug-likeness (QED) is 0.599. The van der Waals surface area contributed by atoms with Gasteiger partial charge in [-0.05, 0) is 17.7 Å². The lowest BCUT2D eigenvalue weighted by atomic mass is 10.1. The number of hydrogen-bond acceptors (Lipinski definition) is 4. The predicted octanol–water partition coefficient (Wildman–Crippen LogP) is 3.16. The van der Waals surface area contributed by atoms with E-state index in [1.54, 1.807) is 12.1 Å². The highest BCUT2D eigenvalue weighted by atomic mass is 19.2. The maximum absolute atomic E-state index is 14.0. The molecule has 0 amide bonds. The predicted molar refractivity (Wildman–Crippen MR) is 78.2 cm³/mol. The third-order valence-electron chi connectivity index (χ3n) is 3.31. The monoisotopic (exact) mass is 339 g/mol. The van der Waals surface area contributed by atoms with E-state index in [1.807, 2.05) is 6.07 Å². The van der Waals surface area contributed by atoms with Crippen molar-refractivity contribution in [2.24, 2.45) is 0 Å². The van der Waals surface area contributed by atoms with E-state index in [0.29, 0.717) is 11.1 Å². The molecular formula is C16H13F4N3O. The molecule has 1 aromatic heterocycles. The lowest BCUT2D eigenvalue weighted by Crippen LogP contribution is -2.29. The summed E-state index contributed by atoms with van der Waals surface area (Å²) < 4.78 is 59.5. The number of halogens is 4. The van der Waals surface area contributed by atoms with E-state index in [4.69, 9.17) is 10.00 Å². The number of aromatic nitrogens is 1. The molecule has 0 saturated carbocycles. The molecule has 0 radical (unpaired) electrons. The molecule has 2 rings (SSSR count). The summed E-state index contributed by atoms with van der Waals surface area (Å²) in [4.78, 5) is 3.66. The topological polar surface area (TPSA) is 49.1 Å². The van der Waals surface area contributed by atoms with Crippen molar-refractivity contribution in [1.29, 1.82) is 5.26 Å². The van der Waals surface area contributed by atoms with Crippen LogP contribution in [0.5, 0.6) is 0 Å². The normalized spacial score (nSPS) is 10.5. The number of methoxy groups -OCH3 is 1. The number of nitriles is 1. The molecule has 0 aliphatic rings. The van der Waals surface area contributed by atoms with Crippen LogP contribution in [-0.2, 0) is 11.3 Å². The molecule has 1 aromatic carbocycles. The molecule has 0 atom stereocenters. The van der Waals surface area contributed by atoms with Gasteiger partial charge >= 0.3 is 0 Å². The Morgan fingerprint density at radius 3 is 2.17 bits per heavy atom. The Bertz CT molecular complexity index is 733. The minimum atomic E-state index is -1.72. The lowest BCUT2D eigenvalue weighted by molar-refractivity contribution is 0.204. The second kappa shape index (κ2) is 7.75. The highest BCUT2D eigenvalue weighted by Gasteiger charge is 2.25. The first-order valence-electron chi connectivity index (χ1n) is 6.90. The van der Waals surface area contributed by atoms with Crippen LogP contribution in [0.15, 0.2) is 24.3 Å². The smallest absolute Gasteiger partial charge is 0.253 e. The highest BCUT2D eigenvalue weighted by molar-refractivity contribution is 5.49. The Balaban J connectivity index is 2.40. The van der Waals surface area contributed by atoms with Gasteiger partial charge in [0.25, 0.3) is 11.9 Å². The molecule has 126 valence electrons. The van der Waals surface area contributed by atoms with Crippen molar-refractivity contribution in [2.45, 2.75) is 6.54 Å². The van der Waals surface area contributed by atoms with Crippen LogP contribution in [0, 0.1) is 34.9 Å². The fraction of sp³-hybridized carbons (Fsp3) is 0.250. The summed E-state index contributed by atoms with van der Waals surface area (Å²) in [5, 5.41) is 8.77. The first-order valence-corrected chi connectivity index (χ1v) is 6.90. The molecule has 0 bridgehead atoms. The zero-order valence-electron chi connectivity index (χ0n) is 12.7. The number of pyridine rings is 1. The van der Waals surface area contributed by atoms with Gasteiger partial charge in [-0.2, -0.15) is 27.8 Å². The van der Waals surface area contributed by atoms with Crippen molar-refractivity contribution in [3.63, 3.8) is 0 Å². The van der Waals surface area contributed by atoms with Gasteiger partial charge in [-0.15, -0.1) is 0 Å². The van der Waals surface area contributed by atoms with Gasteiger partial charge in [-0.1, -0.05) is 12.1 Å². The van der Waals surface area contributed by atoms with E-state index in [0.717, 1.165) is 4.90 Å². The van der Waals surface area contributed by atoms with E-state index in [-0.39, 0.29) is 19.7 Å². The van der Waals surface area contributed by atoms with E-state index in [2.05, 4.69) is 4.98 Å². The molecule has 0 N–H and O–H groups in total. The van der Waals surface area contributed by atoms with E-state index < -0.39 is 29.2 Å². The number of ether oxygens (including phenoxy) is 1. The van der Waals surface area contributed by atoms with Gasteiger partial charge in [-0.25, -0.2) is 0 Å². The summed E-state index contributed by atoms with van der Waals surface area (Å²) >= 11 is 0. The first kappa shape index (κ1) is 17.7. The molecule has 2 aromatic rings. The van der Waals surface area contributed by atoms with Crippen LogP contribution in [0.2, 0.25) is 0 Å². The van der Waals surface area contributed by atoms with Gasteiger partial charge in [-0.3, -0.25) is 0 Å². The van der Waals surface area contributed by atoms with Gasteiger partial charge < -0.3 is 9.64 Å². The second-order valence-electron chi connectivity index (χ2n) is 4.89. The Morgan fingerprint density at radius 2 is 1.67 bits per heavy atom. The van der Waals surface area contributed by atoms with Crippen molar-refractivity contribution < 1.29 is 22.3 Å². The van der Waals surface area contributed by atoms with Crippen LogP contribution < -0.4 is 4.90 Å². The summed E-state index contributed by atoms with van der Waals surface area (Å²) in [5.74, 6) is -6.57. The minimum absolute atomic E-state index is 0.00671. The van der Waals surface area contributed by atoms with E-state index >= 15 is 0 Å². The minimum Gasteiger partial charge on any atom is -0.383 e. The number of rotatable bonds is 6. The first-order chi connectivity index (χ1) is 11.5. The van der Waals surface area contributed by atoms with Gasteiger partial charge in [0, 0.05) is 20.2 Å². The number of nitrogens with zero attached hydrogens (tertiary/aromatic N) is 3. The average Bonchev–Trinajstić information content (AvgIpc) is 2.58. The molecule has 0 aliphatic carbocycles. The molecule has 8 heteroatoms. The molecule has 0 aliphatic heterocycles. The summed E-state index contributed by atoms with van der Waals surface area (Å²) in [5.41, 5.74) is 0.170. The molecule has 0 spiro atoms. The molecule has 0 unspecified atom stereocenters. The molecule has 24 heavy (non-hydrogen) atoms. The van der Waals surface area contributed by atoms with Crippen LogP contribution in [-0.4, -0.2) is 25.2 Å². The average molecular weight is 339 g/mol. The van der Waals surface area contributed by atoms with Crippen LogP contribution >= 0.6 is 0 Å². The molecule has 0 fully saturated rings. The van der Waals surface area contributed by atoms with Gasteiger partial charge in [0.15, 0.2) is 0 Å². The third kappa shape index (κ3) is 3.81. The van der Waals surface area contributed by atoms with Crippen LogP contribution in [0.1, 0.15) is 11.1 Å². The molecule has 0 saturated heterocycles. The second-order valence-corrected chi connectivity index (χ2v) is 4.89. The number of anilines is 1. The Labute approximate surface area is 135 Å². The van der Waals surface area contributed by atoms with Crippen LogP contribution in [0.25, 0.3) is 0 Å². The van der Waals surface area contributed by atoms with E-state index in [9.17, 15) is 17.6 Å². The zero-order chi connectivity index (χ0) is 17.7. The molecule has 1 heterocycles. The maximum Gasteiger partial charge on any atom is 0.253 e. The van der Waals surface area contributed by atoms with Gasteiger partial charge in [0.2, 0.25) is 11.6 Å². The Kier molecular flexibility index (Phi) is 5.71. The molecule has 4 nitrogen and oxygen atoms in total. The number of benzene rings is 1. The lowest BCUT2D eigenvalue weighted by Gasteiger charge is -2.25. The van der Waals surface area contributed by atoms with Gasteiger partial charge in [0.1, 0.15) is 5.69 Å². The van der Waals surface area contributed by atoms with Crippen molar-refractivity contribution in [3.05, 3.63) is 58.9 Å².